The van der Waals surface area contributed by atoms with Crippen molar-refractivity contribution in [2.75, 3.05) is 39.8 Å². The molecule has 6 heteroatoms. The van der Waals surface area contributed by atoms with E-state index in [4.69, 9.17) is 9.73 Å². The lowest BCUT2D eigenvalue weighted by Gasteiger charge is -2.30. The van der Waals surface area contributed by atoms with Crippen LogP contribution in [0.25, 0.3) is 0 Å². The fraction of sp³-hybridized carbons (Fsp3) is 0.938. The number of ether oxygens (including phenoxy) is 1. The third-order valence-corrected chi connectivity index (χ3v) is 4.50. The second-order valence-corrected chi connectivity index (χ2v) is 6.58. The van der Waals surface area contributed by atoms with E-state index < -0.39 is 0 Å². The Kier molecular flexibility index (Phi) is 9.66. The van der Waals surface area contributed by atoms with Crippen molar-refractivity contribution in [1.82, 2.24) is 15.5 Å². The van der Waals surface area contributed by atoms with Gasteiger partial charge in [0.05, 0.1) is 19.3 Å². The highest BCUT2D eigenvalue weighted by atomic mass is 127. The van der Waals surface area contributed by atoms with Gasteiger partial charge in [-0.25, -0.2) is 0 Å². The van der Waals surface area contributed by atoms with Gasteiger partial charge in [-0.3, -0.25) is 4.99 Å². The van der Waals surface area contributed by atoms with E-state index in [9.17, 15) is 0 Å². The Hall–Kier alpha value is -0.0800. The minimum atomic E-state index is 0. The first-order valence-corrected chi connectivity index (χ1v) is 8.52. The largest absolute Gasteiger partial charge is 0.374 e. The predicted molar refractivity (Wildman–Crippen MR) is 103 cm³/mol. The van der Waals surface area contributed by atoms with Gasteiger partial charge in [0.25, 0.3) is 0 Å². The van der Waals surface area contributed by atoms with Gasteiger partial charge in [0.2, 0.25) is 0 Å². The number of hydrogen-bond donors (Lipinski definition) is 2. The summed E-state index contributed by atoms with van der Waals surface area (Å²) in [7, 11) is 2.14. The molecular weight excluding hydrogens is 391 g/mol. The first-order valence-electron chi connectivity index (χ1n) is 8.52. The van der Waals surface area contributed by atoms with E-state index in [-0.39, 0.29) is 30.1 Å². The fourth-order valence-corrected chi connectivity index (χ4v) is 3.09. The first kappa shape index (κ1) is 20.0. The molecule has 1 saturated carbocycles. The lowest BCUT2D eigenvalue weighted by atomic mass is 9.87. The monoisotopic (exact) mass is 424 g/mol. The summed E-state index contributed by atoms with van der Waals surface area (Å²) in [5.41, 5.74) is 0. The van der Waals surface area contributed by atoms with Gasteiger partial charge in [-0.05, 0) is 45.6 Å². The van der Waals surface area contributed by atoms with E-state index in [1.165, 1.54) is 25.7 Å². The molecular formula is C16H33IN4O. The summed E-state index contributed by atoms with van der Waals surface area (Å²) >= 11 is 0. The number of guanidine groups is 1. The van der Waals surface area contributed by atoms with Crippen molar-refractivity contribution < 1.29 is 4.74 Å². The maximum absolute atomic E-state index is 5.78. The zero-order valence-corrected chi connectivity index (χ0v) is 16.6. The predicted octanol–water partition coefficient (Wildman–Crippen LogP) is 2.07. The lowest BCUT2D eigenvalue weighted by molar-refractivity contribution is -0.0136. The van der Waals surface area contributed by atoms with Crippen molar-refractivity contribution >= 4 is 29.9 Å². The third kappa shape index (κ3) is 7.00. The van der Waals surface area contributed by atoms with E-state index in [1.54, 1.807) is 0 Å². The number of hydrogen-bond acceptors (Lipinski definition) is 3. The van der Waals surface area contributed by atoms with Gasteiger partial charge in [-0.1, -0.05) is 6.92 Å². The second-order valence-electron chi connectivity index (χ2n) is 6.58. The highest BCUT2D eigenvalue weighted by molar-refractivity contribution is 14.0. The van der Waals surface area contributed by atoms with Gasteiger partial charge in [-0.2, -0.15) is 0 Å². The van der Waals surface area contributed by atoms with Crippen LogP contribution >= 0.6 is 24.0 Å². The Morgan fingerprint density at radius 3 is 2.64 bits per heavy atom. The molecule has 2 rings (SSSR count). The Morgan fingerprint density at radius 1 is 1.27 bits per heavy atom. The summed E-state index contributed by atoms with van der Waals surface area (Å²) in [4.78, 5) is 7.04. The molecule has 2 aliphatic rings. The van der Waals surface area contributed by atoms with Crippen LogP contribution in [0.3, 0.4) is 0 Å². The van der Waals surface area contributed by atoms with Gasteiger partial charge in [0.1, 0.15) is 0 Å². The van der Waals surface area contributed by atoms with Crippen LogP contribution in [-0.2, 0) is 4.74 Å². The van der Waals surface area contributed by atoms with Gasteiger partial charge in [0, 0.05) is 25.7 Å². The quantitative estimate of drug-likeness (QED) is 0.412. The molecule has 1 saturated heterocycles. The summed E-state index contributed by atoms with van der Waals surface area (Å²) in [6.45, 7) is 8.93. The maximum Gasteiger partial charge on any atom is 0.191 e. The Labute approximate surface area is 152 Å². The maximum atomic E-state index is 5.78. The van der Waals surface area contributed by atoms with Crippen LogP contribution in [0.5, 0.6) is 0 Å². The molecule has 0 amide bonds. The number of aliphatic imine (C=N–C) groups is 1. The minimum absolute atomic E-state index is 0. The van der Waals surface area contributed by atoms with Crippen molar-refractivity contribution in [3.8, 4) is 0 Å². The van der Waals surface area contributed by atoms with Crippen LogP contribution in [-0.4, -0.2) is 62.8 Å². The van der Waals surface area contributed by atoms with Crippen molar-refractivity contribution in [2.24, 2.45) is 10.9 Å². The Balaban J connectivity index is 0.00000242. The van der Waals surface area contributed by atoms with Crippen LogP contribution in [0.2, 0.25) is 0 Å². The smallest absolute Gasteiger partial charge is 0.191 e. The summed E-state index contributed by atoms with van der Waals surface area (Å²) < 4.78 is 5.78. The van der Waals surface area contributed by atoms with Crippen molar-refractivity contribution in [1.29, 1.82) is 0 Å². The van der Waals surface area contributed by atoms with Crippen LogP contribution in [0.15, 0.2) is 4.99 Å². The van der Waals surface area contributed by atoms with E-state index in [2.05, 4.69) is 36.4 Å². The lowest BCUT2D eigenvalue weighted by Crippen LogP contribution is -2.46. The normalized spacial score (nSPS) is 30.5. The molecule has 1 unspecified atom stereocenters. The summed E-state index contributed by atoms with van der Waals surface area (Å²) in [6, 6.07) is 0.578. The zero-order chi connectivity index (χ0) is 15.1. The SMILES string of the molecule is CCNC(=NCC1CN(C)CCO1)NC1CCC(C)CC1.I. The molecule has 0 spiro atoms. The first-order chi connectivity index (χ1) is 10.2. The standard InChI is InChI=1S/C16H32N4O.HI/c1-4-17-16(19-14-7-5-13(2)6-8-14)18-11-15-12-20(3)9-10-21-15;/h13-15H,4-12H2,1-3H3,(H2,17,18,19);1H. The zero-order valence-electron chi connectivity index (χ0n) is 14.3. The summed E-state index contributed by atoms with van der Waals surface area (Å²) in [5.74, 6) is 1.84. The van der Waals surface area contributed by atoms with Crippen LogP contribution in [0.4, 0.5) is 0 Å². The highest BCUT2D eigenvalue weighted by Crippen LogP contribution is 2.23. The third-order valence-electron chi connectivity index (χ3n) is 4.50. The molecule has 0 aromatic carbocycles. The number of rotatable bonds is 4. The molecule has 5 nitrogen and oxygen atoms in total. The molecule has 2 fully saturated rings. The highest BCUT2D eigenvalue weighted by Gasteiger charge is 2.20. The molecule has 0 aromatic rings. The molecule has 22 heavy (non-hydrogen) atoms. The molecule has 1 heterocycles. The number of halogens is 1. The summed E-state index contributed by atoms with van der Waals surface area (Å²) in [6.07, 6.45) is 5.40. The van der Waals surface area contributed by atoms with Gasteiger partial charge in [-0.15, -0.1) is 24.0 Å². The van der Waals surface area contributed by atoms with Crippen molar-refractivity contribution in [2.45, 2.75) is 51.7 Å². The molecule has 1 aliphatic heterocycles. The number of nitrogens with zero attached hydrogens (tertiary/aromatic N) is 2. The molecule has 2 N–H and O–H groups in total. The number of nitrogens with one attached hydrogen (secondary N) is 2. The number of morpholine rings is 1. The van der Waals surface area contributed by atoms with Gasteiger partial charge in [0.15, 0.2) is 5.96 Å². The van der Waals surface area contributed by atoms with E-state index in [1.807, 2.05) is 0 Å². The second kappa shape index (κ2) is 10.6. The Bertz CT molecular complexity index is 332. The number of likely N-dealkylation sites (N-methyl/N-ethyl adjacent to an activating group) is 1. The molecule has 0 aromatic heterocycles. The molecule has 130 valence electrons. The fourth-order valence-electron chi connectivity index (χ4n) is 3.09. The molecule has 0 radical (unpaired) electrons. The minimum Gasteiger partial charge on any atom is -0.374 e. The van der Waals surface area contributed by atoms with Gasteiger partial charge < -0.3 is 20.3 Å². The molecule has 0 bridgehead atoms. The molecule has 1 atom stereocenters. The van der Waals surface area contributed by atoms with E-state index in [0.29, 0.717) is 6.04 Å². The Morgan fingerprint density at radius 2 is 2.00 bits per heavy atom. The average Bonchev–Trinajstić information content (AvgIpc) is 2.47. The topological polar surface area (TPSA) is 48.9 Å². The average molecular weight is 424 g/mol. The van der Waals surface area contributed by atoms with E-state index >= 15 is 0 Å². The van der Waals surface area contributed by atoms with Crippen LogP contribution < -0.4 is 10.6 Å². The van der Waals surface area contributed by atoms with Gasteiger partial charge >= 0.3 is 0 Å². The molecule has 1 aliphatic carbocycles. The van der Waals surface area contributed by atoms with E-state index in [0.717, 1.165) is 44.7 Å². The van der Waals surface area contributed by atoms with Crippen LogP contribution in [0, 0.1) is 5.92 Å². The van der Waals surface area contributed by atoms with Crippen molar-refractivity contribution in [3.63, 3.8) is 0 Å². The summed E-state index contributed by atoms with van der Waals surface area (Å²) in [5, 5.41) is 6.96. The van der Waals surface area contributed by atoms with Crippen LogP contribution in [0.1, 0.15) is 39.5 Å². The van der Waals surface area contributed by atoms with Crippen molar-refractivity contribution in [3.05, 3.63) is 0 Å².